The van der Waals surface area contributed by atoms with Gasteiger partial charge in [-0.3, -0.25) is 4.79 Å². The highest BCUT2D eigenvalue weighted by molar-refractivity contribution is 6.06. The van der Waals surface area contributed by atoms with E-state index in [1.165, 1.54) is 20.0 Å². The van der Waals surface area contributed by atoms with E-state index in [4.69, 9.17) is 9.47 Å². The zero-order chi connectivity index (χ0) is 22.5. The summed E-state index contributed by atoms with van der Waals surface area (Å²) in [6.45, 7) is 4.03. The first-order chi connectivity index (χ1) is 15.6. The van der Waals surface area contributed by atoms with Gasteiger partial charge in [0, 0.05) is 42.3 Å². The lowest BCUT2D eigenvalue weighted by molar-refractivity contribution is 0.102. The number of hydrogen-bond donors (Lipinski definition) is 2. The molecule has 1 aliphatic heterocycles. The smallest absolute Gasteiger partial charge is 0.259 e. The number of anilines is 4. The number of carbonyl (C=O) groups is 1. The van der Waals surface area contributed by atoms with E-state index < -0.39 is 0 Å². The van der Waals surface area contributed by atoms with Gasteiger partial charge in [-0.25, -0.2) is 4.98 Å². The number of hydrogen-bond acceptors (Lipinski definition) is 7. The van der Waals surface area contributed by atoms with Crippen LogP contribution in [0.1, 0.15) is 28.9 Å². The summed E-state index contributed by atoms with van der Waals surface area (Å²) in [5.74, 6) is 2.33. The van der Waals surface area contributed by atoms with Crippen molar-refractivity contribution in [3.63, 3.8) is 0 Å². The van der Waals surface area contributed by atoms with Gasteiger partial charge < -0.3 is 25.0 Å². The maximum Gasteiger partial charge on any atom is 0.259 e. The van der Waals surface area contributed by atoms with E-state index in [0.717, 1.165) is 30.3 Å². The average molecular weight is 434 g/mol. The molecule has 0 atom stereocenters. The van der Waals surface area contributed by atoms with Crippen molar-refractivity contribution in [3.8, 4) is 11.5 Å². The van der Waals surface area contributed by atoms with E-state index in [0.29, 0.717) is 28.7 Å². The molecule has 1 aliphatic rings. The lowest BCUT2D eigenvalue weighted by atomic mass is 10.1. The molecule has 8 nitrogen and oxygen atoms in total. The zero-order valence-electron chi connectivity index (χ0n) is 18.5. The summed E-state index contributed by atoms with van der Waals surface area (Å²) in [5, 5.41) is 6.15. The molecule has 0 unspecified atom stereocenters. The Morgan fingerprint density at radius 2 is 1.66 bits per heavy atom. The van der Waals surface area contributed by atoms with Crippen LogP contribution in [-0.4, -0.2) is 43.2 Å². The van der Waals surface area contributed by atoms with Gasteiger partial charge in [0.1, 0.15) is 17.3 Å². The molecular formula is C24H27N5O3. The van der Waals surface area contributed by atoms with Gasteiger partial charge in [-0.1, -0.05) is 0 Å². The third kappa shape index (κ3) is 4.91. The molecule has 2 heterocycles. The predicted octanol–water partition coefficient (Wildman–Crippen LogP) is 4.40. The standard InChI is InChI=1S/C24H27N5O3/c1-16-14-22(29-12-4-5-13-29)28-24(25-16)27-18-8-6-17(7-9-18)26-23(30)20-11-10-19(31-2)15-21(20)32-3/h6-11,14-15H,4-5,12-13H2,1-3H3,(H,26,30)(H,25,27,28). The number of nitrogens with zero attached hydrogens (tertiary/aromatic N) is 3. The second kappa shape index (κ2) is 9.55. The van der Waals surface area contributed by atoms with Crippen molar-refractivity contribution < 1.29 is 14.3 Å². The van der Waals surface area contributed by atoms with Gasteiger partial charge in [-0.15, -0.1) is 0 Å². The molecule has 166 valence electrons. The molecule has 4 rings (SSSR count). The Hall–Kier alpha value is -3.81. The van der Waals surface area contributed by atoms with Crippen LogP contribution < -0.4 is 25.0 Å². The summed E-state index contributed by atoms with van der Waals surface area (Å²) in [7, 11) is 3.09. The maximum atomic E-state index is 12.7. The molecule has 0 spiro atoms. The molecule has 1 fully saturated rings. The Morgan fingerprint density at radius 1 is 0.938 bits per heavy atom. The van der Waals surface area contributed by atoms with Crippen molar-refractivity contribution in [3.05, 3.63) is 59.8 Å². The minimum absolute atomic E-state index is 0.262. The first-order valence-electron chi connectivity index (χ1n) is 10.6. The summed E-state index contributed by atoms with van der Waals surface area (Å²) in [6, 6.07) is 14.5. The van der Waals surface area contributed by atoms with E-state index in [2.05, 4.69) is 25.5 Å². The van der Waals surface area contributed by atoms with Crippen LogP contribution in [0, 0.1) is 6.92 Å². The molecule has 0 aliphatic carbocycles. The molecule has 0 bridgehead atoms. The molecule has 2 aromatic carbocycles. The summed E-state index contributed by atoms with van der Waals surface area (Å²) in [5.41, 5.74) is 2.85. The largest absolute Gasteiger partial charge is 0.497 e. The average Bonchev–Trinajstić information content (AvgIpc) is 3.34. The van der Waals surface area contributed by atoms with Crippen LogP contribution in [0.2, 0.25) is 0 Å². The summed E-state index contributed by atoms with van der Waals surface area (Å²) in [4.78, 5) is 24.1. The van der Waals surface area contributed by atoms with E-state index in [1.54, 1.807) is 25.3 Å². The molecule has 3 aromatic rings. The highest BCUT2D eigenvalue weighted by Gasteiger charge is 2.16. The number of ether oxygens (including phenoxy) is 2. The third-order valence-electron chi connectivity index (χ3n) is 5.32. The van der Waals surface area contributed by atoms with Crippen molar-refractivity contribution in [2.75, 3.05) is 42.8 Å². The Kier molecular flexibility index (Phi) is 6.39. The van der Waals surface area contributed by atoms with Crippen molar-refractivity contribution in [2.24, 2.45) is 0 Å². The number of aryl methyl sites for hydroxylation is 1. The zero-order valence-corrected chi connectivity index (χ0v) is 18.5. The number of methoxy groups -OCH3 is 2. The lowest BCUT2D eigenvalue weighted by Crippen LogP contribution is -2.19. The molecule has 0 saturated carbocycles. The normalized spacial score (nSPS) is 13.0. The van der Waals surface area contributed by atoms with E-state index in [1.807, 2.05) is 37.3 Å². The molecule has 32 heavy (non-hydrogen) atoms. The monoisotopic (exact) mass is 433 g/mol. The van der Waals surface area contributed by atoms with E-state index >= 15 is 0 Å². The van der Waals surface area contributed by atoms with Gasteiger partial charge in [-0.05, 0) is 56.2 Å². The molecular weight excluding hydrogens is 406 g/mol. The van der Waals surface area contributed by atoms with Crippen LogP contribution in [0.15, 0.2) is 48.5 Å². The quantitative estimate of drug-likeness (QED) is 0.571. The second-order valence-electron chi connectivity index (χ2n) is 7.61. The number of amides is 1. The topological polar surface area (TPSA) is 88.6 Å². The van der Waals surface area contributed by atoms with Crippen LogP contribution in [0.4, 0.5) is 23.1 Å². The SMILES string of the molecule is COc1ccc(C(=O)Nc2ccc(Nc3nc(C)cc(N4CCCC4)n3)cc2)c(OC)c1. The highest BCUT2D eigenvalue weighted by Crippen LogP contribution is 2.26. The van der Waals surface area contributed by atoms with Gasteiger partial charge in [0.25, 0.3) is 5.91 Å². The Bertz CT molecular complexity index is 1100. The van der Waals surface area contributed by atoms with E-state index in [-0.39, 0.29) is 5.91 Å². The Morgan fingerprint density at radius 3 is 2.34 bits per heavy atom. The predicted molar refractivity (Wildman–Crippen MR) is 125 cm³/mol. The van der Waals surface area contributed by atoms with Crippen molar-refractivity contribution in [1.82, 2.24) is 9.97 Å². The van der Waals surface area contributed by atoms with Gasteiger partial charge in [0.15, 0.2) is 0 Å². The Labute approximate surface area is 187 Å². The van der Waals surface area contributed by atoms with Crippen molar-refractivity contribution in [1.29, 1.82) is 0 Å². The van der Waals surface area contributed by atoms with Crippen LogP contribution in [-0.2, 0) is 0 Å². The Balaban J connectivity index is 1.44. The number of aromatic nitrogens is 2. The van der Waals surface area contributed by atoms with E-state index in [9.17, 15) is 4.79 Å². The maximum absolute atomic E-state index is 12.7. The first-order valence-corrected chi connectivity index (χ1v) is 10.6. The summed E-state index contributed by atoms with van der Waals surface area (Å²) in [6.07, 6.45) is 2.39. The molecule has 1 saturated heterocycles. The fraction of sp³-hybridized carbons (Fsp3) is 0.292. The van der Waals surface area contributed by atoms with Gasteiger partial charge in [0.05, 0.1) is 19.8 Å². The fourth-order valence-corrected chi connectivity index (χ4v) is 3.67. The second-order valence-corrected chi connectivity index (χ2v) is 7.61. The van der Waals surface area contributed by atoms with Gasteiger partial charge >= 0.3 is 0 Å². The minimum atomic E-state index is -0.262. The van der Waals surface area contributed by atoms with Gasteiger partial charge in [0.2, 0.25) is 5.95 Å². The molecule has 1 amide bonds. The highest BCUT2D eigenvalue weighted by atomic mass is 16.5. The summed E-state index contributed by atoms with van der Waals surface area (Å²) >= 11 is 0. The fourth-order valence-electron chi connectivity index (χ4n) is 3.67. The first kappa shape index (κ1) is 21.4. The number of carbonyl (C=O) groups excluding carboxylic acids is 1. The van der Waals surface area contributed by atoms with Crippen molar-refractivity contribution in [2.45, 2.75) is 19.8 Å². The molecule has 0 radical (unpaired) electrons. The number of nitrogens with one attached hydrogen (secondary N) is 2. The van der Waals surface area contributed by atoms with Crippen LogP contribution in [0.3, 0.4) is 0 Å². The number of benzene rings is 2. The lowest BCUT2D eigenvalue weighted by Gasteiger charge is -2.17. The minimum Gasteiger partial charge on any atom is -0.497 e. The molecule has 1 aromatic heterocycles. The van der Waals surface area contributed by atoms with Crippen LogP contribution in [0.25, 0.3) is 0 Å². The van der Waals surface area contributed by atoms with Crippen LogP contribution >= 0.6 is 0 Å². The summed E-state index contributed by atoms with van der Waals surface area (Å²) < 4.78 is 10.5. The third-order valence-corrected chi connectivity index (χ3v) is 5.32. The van der Waals surface area contributed by atoms with Crippen molar-refractivity contribution >= 4 is 29.0 Å². The molecule has 2 N–H and O–H groups in total. The van der Waals surface area contributed by atoms with Crippen LogP contribution in [0.5, 0.6) is 11.5 Å². The molecule has 8 heteroatoms. The van der Waals surface area contributed by atoms with Gasteiger partial charge in [-0.2, -0.15) is 4.98 Å². The number of rotatable bonds is 7.